The third-order valence-corrected chi connectivity index (χ3v) is 5.67. The number of aryl methyl sites for hydroxylation is 1. The molecule has 0 aliphatic heterocycles. The number of thioether (sulfide) groups is 1. The Morgan fingerprint density at radius 1 is 1.27 bits per heavy atom. The molecule has 0 saturated carbocycles. The fourth-order valence-corrected chi connectivity index (χ4v) is 4.12. The summed E-state index contributed by atoms with van der Waals surface area (Å²) >= 11 is 2.75. The lowest BCUT2D eigenvalue weighted by molar-refractivity contribution is 0.628. The predicted octanol–water partition coefficient (Wildman–Crippen LogP) is 2.47. The van der Waals surface area contributed by atoms with Crippen LogP contribution in [0.2, 0.25) is 0 Å². The van der Waals surface area contributed by atoms with Crippen LogP contribution >= 0.6 is 23.1 Å². The first kappa shape index (κ1) is 16.7. The first-order valence-corrected chi connectivity index (χ1v) is 9.45. The summed E-state index contributed by atoms with van der Waals surface area (Å²) in [7, 11) is 0. The maximum Gasteiger partial charge on any atom is 0.258 e. The molecule has 0 saturated heterocycles. The number of halogens is 1. The van der Waals surface area contributed by atoms with E-state index in [0.717, 1.165) is 5.69 Å². The average molecular weight is 388 g/mol. The van der Waals surface area contributed by atoms with Crippen LogP contribution in [0, 0.1) is 12.7 Å². The maximum atomic E-state index is 13.1. The van der Waals surface area contributed by atoms with Gasteiger partial charge >= 0.3 is 0 Å². The normalized spacial score (nSPS) is 11.3. The van der Waals surface area contributed by atoms with E-state index in [2.05, 4.69) is 15.2 Å². The van der Waals surface area contributed by atoms with Gasteiger partial charge in [-0.2, -0.15) is 0 Å². The fraction of sp³-hybridized carbons (Fsp3) is 0.125. The quantitative estimate of drug-likeness (QED) is 0.427. The summed E-state index contributed by atoms with van der Waals surface area (Å²) in [5.74, 6) is 6.59. The molecule has 0 atom stereocenters. The number of nitrogens with zero attached hydrogens (tertiary/aromatic N) is 5. The van der Waals surface area contributed by atoms with Crippen molar-refractivity contribution in [2.45, 2.75) is 17.8 Å². The smallest absolute Gasteiger partial charge is 0.258 e. The summed E-state index contributed by atoms with van der Waals surface area (Å²) in [5.41, 5.74) is 2.08. The van der Waals surface area contributed by atoms with E-state index in [-0.39, 0.29) is 11.4 Å². The van der Waals surface area contributed by atoms with Crippen molar-refractivity contribution in [2.24, 2.45) is 0 Å². The van der Waals surface area contributed by atoms with Crippen LogP contribution in [0.3, 0.4) is 0 Å². The van der Waals surface area contributed by atoms with E-state index in [0.29, 0.717) is 33.0 Å². The second kappa shape index (κ2) is 6.54. The largest absolute Gasteiger partial charge is 0.335 e. The molecule has 1 aromatic carbocycles. The molecule has 0 spiro atoms. The van der Waals surface area contributed by atoms with Crippen LogP contribution in [0.1, 0.15) is 11.4 Å². The third kappa shape index (κ3) is 2.97. The van der Waals surface area contributed by atoms with Crippen molar-refractivity contribution < 1.29 is 4.39 Å². The molecule has 7 nitrogen and oxygen atoms in total. The monoisotopic (exact) mass is 388 g/mol. The molecule has 10 heteroatoms. The molecular formula is C16H13FN6OS2. The van der Waals surface area contributed by atoms with Crippen molar-refractivity contribution in [1.82, 2.24) is 24.3 Å². The van der Waals surface area contributed by atoms with Crippen LogP contribution < -0.4 is 11.4 Å². The van der Waals surface area contributed by atoms with Crippen molar-refractivity contribution in [2.75, 3.05) is 5.84 Å². The van der Waals surface area contributed by atoms with Crippen LogP contribution in [0.15, 0.2) is 45.7 Å². The summed E-state index contributed by atoms with van der Waals surface area (Å²) in [5, 5.41) is 10.5. The van der Waals surface area contributed by atoms with Gasteiger partial charge in [0.1, 0.15) is 5.82 Å². The summed E-state index contributed by atoms with van der Waals surface area (Å²) in [6, 6.07) is 7.37. The Labute approximate surface area is 155 Å². The minimum atomic E-state index is -0.331. The van der Waals surface area contributed by atoms with E-state index < -0.39 is 0 Å². The molecule has 3 aromatic heterocycles. The summed E-state index contributed by atoms with van der Waals surface area (Å²) in [4.78, 5) is 17.4. The van der Waals surface area contributed by atoms with Gasteiger partial charge in [0.15, 0.2) is 10.8 Å². The number of nitrogen functional groups attached to an aromatic ring is 1. The van der Waals surface area contributed by atoms with E-state index in [1.54, 1.807) is 16.5 Å². The Kier molecular flexibility index (Phi) is 4.21. The van der Waals surface area contributed by atoms with Crippen molar-refractivity contribution >= 4 is 28.1 Å². The van der Waals surface area contributed by atoms with Gasteiger partial charge in [0.2, 0.25) is 5.16 Å². The Hall–Kier alpha value is -2.72. The molecule has 0 fully saturated rings. The van der Waals surface area contributed by atoms with E-state index >= 15 is 0 Å². The molecule has 4 rings (SSSR count). The molecule has 0 bridgehead atoms. The van der Waals surface area contributed by atoms with Gasteiger partial charge in [-0.3, -0.25) is 9.20 Å². The van der Waals surface area contributed by atoms with Gasteiger partial charge in [0.05, 0.1) is 5.69 Å². The van der Waals surface area contributed by atoms with E-state index in [9.17, 15) is 9.18 Å². The van der Waals surface area contributed by atoms with E-state index in [1.807, 2.05) is 12.3 Å². The highest BCUT2D eigenvalue weighted by molar-refractivity contribution is 7.98. The maximum absolute atomic E-state index is 13.1. The average Bonchev–Trinajstić information content (AvgIpc) is 3.17. The number of hydrogen-bond donors (Lipinski definition) is 1. The minimum Gasteiger partial charge on any atom is -0.335 e. The van der Waals surface area contributed by atoms with Crippen molar-refractivity contribution in [3.05, 3.63) is 63.3 Å². The van der Waals surface area contributed by atoms with Crippen molar-refractivity contribution in [3.8, 4) is 11.4 Å². The number of nitrogens with two attached hydrogens (primary N) is 1. The zero-order valence-corrected chi connectivity index (χ0v) is 15.2. The summed E-state index contributed by atoms with van der Waals surface area (Å²) < 4.78 is 16.0. The second-order valence-electron chi connectivity index (χ2n) is 5.55. The van der Waals surface area contributed by atoms with E-state index in [1.165, 1.54) is 46.0 Å². The second-order valence-corrected chi connectivity index (χ2v) is 7.33. The van der Waals surface area contributed by atoms with Crippen LogP contribution in [-0.4, -0.2) is 24.3 Å². The van der Waals surface area contributed by atoms with E-state index in [4.69, 9.17) is 5.84 Å². The van der Waals surface area contributed by atoms with Gasteiger partial charge in [0, 0.05) is 28.5 Å². The first-order valence-electron chi connectivity index (χ1n) is 7.59. The molecule has 26 heavy (non-hydrogen) atoms. The molecule has 4 aromatic rings. The fourth-order valence-electron chi connectivity index (χ4n) is 2.48. The molecule has 0 aliphatic rings. The molecule has 0 radical (unpaired) electrons. The molecular weight excluding hydrogens is 375 g/mol. The van der Waals surface area contributed by atoms with Crippen LogP contribution in [0.5, 0.6) is 0 Å². The topological polar surface area (TPSA) is 91.1 Å². The molecule has 0 unspecified atom stereocenters. The Bertz CT molecular complexity index is 1150. The SMILES string of the molecule is Cc1csc2nc(CSc3nnc(-c4ccc(F)cc4)n3N)cc(=O)n12. The minimum absolute atomic E-state index is 0.106. The standard InChI is InChI=1S/C16H13FN6OS2/c1-9-7-25-15-19-12(6-13(24)22(9)15)8-26-16-21-20-14(23(16)18)10-2-4-11(17)5-3-10/h2-7H,8,18H2,1H3. The molecule has 0 aliphatic carbocycles. The Morgan fingerprint density at radius 3 is 2.81 bits per heavy atom. The van der Waals surface area contributed by atoms with Crippen LogP contribution in [-0.2, 0) is 5.75 Å². The van der Waals surface area contributed by atoms with Crippen LogP contribution in [0.4, 0.5) is 4.39 Å². The summed E-state index contributed by atoms with van der Waals surface area (Å²) in [6.45, 7) is 1.87. The lowest BCUT2D eigenvalue weighted by Crippen LogP contribution is -2.15. The van der Waals surface area contributed by atoms with Gasteiger partial charge < -0.3 is 5.84 Å². The number of fused-ring (bicyclic) bond motifs is 1. The van der Waals surface area contributed by atoms with Gasteiger partial charge in [-0.05, 0) is 31.2 Å². The zero-order chi connectivity index (χ0) is 18.3. The highest BCUT2D eigenvalue weighted by Crippen LogP contribution is 2.24. The molecule has 0 amide bonds. The van der Waals surface area contributed by atoms with Gasteiger partial charge in [0.25, 0.3) is 5.56 Å². The van der Waals surface area contributed by atoms with Crippen molar-refractivity contribution in [1.29, 1.82) is 0 Å². The third-order valence-electron chi connectivity index (χ3n) is 3.74. The lowest BCUT2D eigenvalue weighted by Gasteiger charge is -2.04. The van der Waals surface area contributed by atoms with Crippen molar-refractivity contribution in [3.63, 3.8) is 0 Å². The summed E-state index contributed by atoms with van der Waals surface area (Å²) in [6.07, 6.45) is 0. The first-order chi connectivity index (χ1) is 12.5. The highest BCUT2D eigenvalue weighted by Gasteiger charge is 2.13. The number of aromatic nitrogens is 5. The molecule has 132 valence electrons. The van der Waals surface area contributed by atoms with Gasteiger partial charge in [-0.15, -0.1) is 21.5 Å². The predicted molar refractivity (Wildman–Crippen MR) is 99.2 cm³/mol. The zero-order valence-electron chi connectivity index (χ0n) is 13.6. The Morgan fingerprint density at radius 2 is 2.04 bits per heavy atom. The molecule has 2 N–H and O–H groups in total. The molecule has 3 heterocycles. The number of hydrogen-bond acceptors (Lipinski definition) is 7. The number of rotatable bonds is 4. The van der Waals surface area contributed by atoms with Crippen LogP contribution in [0.25, 0.3) is 16.3 Å². The van der Waals surface area contributed by atoms with Gasteiger partial charge in [-0.25, -0.2) is 14.1 Å². The lowest BCUT2D eigenvalue weighted by atomic mass is 10.2. The highest BCUT2D eigenvalue weighted by atomic mass is 32.2. The van der Waals surface area contributed by atoms with Gasteiger partial charge in [-0.1, -0.05) is 11.8 Å². The Balaban J connectivity index is 1.57. The number of thiazole rings is 1. The number of benzene rings is 1.